The summed E-state index contributed by atoms with van der Waals surface area (Å²) in [4.78, 5) is 11.2. The minimum Gasteiger partial charge on any atom is -0.444 e. The molecule has 2 atom stereocenters. The van der Waals surface area contributed by atoms with Crippen molar-refractivity contribution in [3.8, 4) is 0 Å². The van der Waals surface area contributed by atoms with Crippen LogP contribution in [0.3, 0.4) is 0 Å². The van der Waals surface area contributed by atoms with Crippen LogP contribution in [0.4, 0.5) is 9.18 Å². The summed E-state index contributed by atoms with van der Waals surface area (Å²) in [5, 5.41) is 5.33. The lowest BCUT2D eigenvalue weighted by atomic mass is 10.2. The Bertz CT molecular complexity index is 221. The van der Waals surface area contributed by atoms with Crippen molar-refractivity contribution >= 4 is 18.5 Å². The highest BCUT2D eigenvalue weighted by molar-refractivity contribution is 5.85. The summed E-state index contributed by atoms with van der Waals surface area (Å²) in [7, 11) is 0. The third kappa shape index (κ3) is 5.18. The third-order valence-electron chi connectivity index (χ3n) is 1.84. The summed E-state index contributed by atoms with van der Waals surface area (Å²) in [6.07, 6.45) is -1.59. The summed E-state index contributed by atoms with van der Waals surface area (Å²) in [5.41, 5.74) is -0.540. The second-order valence-corrected chi connectivity index (χ2v) is 4.43. The van der Waals surface area contributed by atoms with Gasteiger partial charge >= 0.3 is 6.09 Å². The molecule has 0 bridgehead atoms. The number of carbonyl (C=O) groups excluding carboxylic acids is 1. The lowest BCUT2D eigenvalue weighted by Gasteiger charge is -2.22. The molecule has 0 aromatic heterocycles. The van der Waals surface area contributed by atoms with Crippen molar-refractivity contribution in [1.29, 1.82) is 0 Å². The van der Waals surface area contributed by atoms with Gasteiger partial charge in [-0.05, 0) is 20.8 Å². The zero-order valence-corrected chi connectivity index (χ0v) is 9.99. The molecule has 0 aromatic rings. The SMILES string of the molecule is CC(C)(C)OC(=O)NC1CNCC1F.Cl. The van der Waals surface area contributed by atoms with Gasteiger partial charge in [0.1, 0.15) is 11.8 Å². The molecule has 1 fully saturated rings. The van der Waals surface area contributed by atoms with Crippen LogP contribution < -0.4 is 10.6 Å². The Labute approximate surface area is 95.3 Å². The monoisotopic (exact) mass is 240 g/mol. The van der Waals surface area contributed by atoms with Gasteiger partial charge < -0.3 is 15.4 Å². The molecule has 1 heterocycles. The topological polar surface area (TPSA) is 50.4 Å². The maximum atomic E-state index is 13.0. The molecule has 1 aliphatic rings. The molecule has 1 saturated heterocycles. The molecule has 0 radical (unpaired) electrons. The van der Waals surface area contributed by atoms with Gasteiger partial charge in [-0.25, -0.2) is 9.18 Å². The van der Waals surface area contributed by atoms with Crippen molar-refractivity contribution in [3.63, 3.8) is 0 Å². The minimum absolute atomic E-state index is 0. The summed E-state index contributed by atoms with van der Waals surface area (Å²) in [5.74, 6) is 0. The van der Waals surface area contributed by atoms with Crippen molar-refractivity contribution in [3.05, 3.63) is 0 Å². The van der Waals surface area contributed by atoms with E-state index in [1.54, 1.807) is 20.8 Å². The Kier molecular flexibility index (Phi) is 5.31. The molecular weight excluding hydrogens is 223 g/mol. The van der Waals surface area contributed by atoms with Gasteiger partial charge in [0.05, 0.1) is 6.04 Å². The molecule has 15 heavy (non-hydrogen) atoms. The molecule has 2 N–H and O–H groups in total. The van der Waals surface area contributed by atoms with Crippen molar-refractivity contribution in [1.82, 2.24) is 10.6 Å². The molecule has 0 saturated carbocycles. The second kappa shape index (κ2) is 5.51. The van der Waals surface area contributed by atoms with E-state index >= 15 is 0 Å². The lowest BCUT2D eigenvalue weighted by molar-refractivity contribution is 0.0490. The molecule has 1 rings (SSSR count). The Morgan fingerprint density at radius 1 is 1.47 bits per heavy atom. The Morgan fingerprint density at radius 3 is 2.47 bits per heavy atom. The maximum absolute atomic E-state index is 13.0. The van der Waals surface area contributed by atoms with Gasteiger partial charge in [0, 0.05) is 13.1 Å². The number of rotatable bonds is 1. The van der Waals surface area contributed by atoms with Crippen LogP contribution >= 0.6 is 12.4 Å². The van der Waals surface area contributed by atoms with Crippen molar-refractivity contribution in [2.45, 2.75) is 38.6 Å². The van der Waals surface area contributed by atoms with Gasteiger partial charge in [-0.15, -0.1) is 12.4 Å². The number of nitrogens with one attached hydrogen (secondary N) is 2. The van der Waals surface area contributed by atoms with Crippen LogP contribution in [-0.4, -0.2) is 37.0 Å². The summed E-state index contributed by atoms with van der Waals surface area (Å²) < 4.78 is 18.1. The van der Waals surface area contributed by atoms with Crippen LogP contribution in [0, 0.1) is 0 Å². The van der Waals surface area contributed by atoms with Gasteiger partial charge in [0.15, 0.2) is 0 Å². The molecule has 0 aromatic carbocycles. The Morgan fingerprint density at radius 2 is 2.07 bits per heavy atom. The first kappa shape index (κ1) is 14.5. The first-order valence-corrected chi connectivity index (χ1v) is 4.73. The molecule has 1 amide bonds. The summed E-state index contributed by atoms with van der Waals surface area (Å²) >= 11 is 0. The van der Waals surface area contributed by atoms with Gasteiger partial charge in [-0.1, -0.05) is 0 Å². The van der Waals surface area contributed by atoms with Gasteiger partial charge in [0.25, 0.3) is 0 Å². The number of halogens is 2. The number of ether oxygens (including phenoxy) is 1. The Hall–Kier alpha value is -0.550. The third-order valence-corrected chi connectivity index (χ3v) is 1.84. The van der Waals surface area contributed by atoms with Crippen LogP contribution in [0.2, 0.25) is 0 Å². The maximum Gasteiger partial charge on any atom is 0.408 e. The molecule has 0 spiro atoms. The van der Waals surface area contributed by atoms with Crippen molar-refractivity contribution < 1.29 is 13.9 Å². The fraction of sp³-hybridized carbons (Fsp3) is 0.889. The van der Waals surface area contributed by atoms with E-state index in [2.05, 4.69) is 10.6 Å². The quantitative estimate of drug-likeness (QED) is 0.725. The van der Waals surface area contributed by atoms with Gasteiger partial charge in [-0.3, -0.25) is 0 Å². The average Bonchev–Trinajstić information content (AvgIpc) is 2.32. The number of amides is 1. The summed E-state index contributed by atoms with van der Waals surface area (Å²) in [6, 6.07) is -0.468. The van der Waals surface area contributed by atoms with Crippen LogP contribution in [0.15, 0.2) is 0 Å². The van der Waals surface area contributed by atoms with Crippen LogP contribution in [0.5, 0.6) is 0 Å². The number of alkyl carbamates (subject to hydrolysis) is 1. The fourth-order valence-corrected chi connectivity index (χ4v) is 1.25. The van der Waals surface area contributed by atoms with E-state index < -0.39 is 23.9 Å². The number of hydrogen-bond acceptors (Lipinski definition) is 3. The highest BCUT2D eigenvalue weighted by atomic mass is 35.5. The first-order valence-electron chi connectivity index (χ1n) is 4.73. The highest BCUT2D eigenvalue weighted by Crippen LogP contribution is 2.09. The van der Waals surface area contributed by atoms with Crippen LogP contribution in [0.1, 0.15) is 20.8 Å². The smallest absolute Gasteiger partial charge is 0.408 e. The molecule has 1 aliphatic heterocycles. The molecule has 0 aliphatic carbocycles. The zero-order chi connectivity index (χ0) is 10.8. The second-order valence-electron chi connectivity index (χ2n) is 4.43. The average molecular weight is 241 g/mol. The highest BCUT2D eigenvalue weighted by Gasteiger charge is 2.29. The van der Waals surface area contributed by atoms with E-state index in [1.165, 1.54) is 0 Å². The zero-order valence-electron chi connectivity index (χ0n) is 9.17. The number of alkyl halides is 1. The van der Waals surface area contributed by atoms with Crippen LogP contribution in [0.25, 0.3) is 0 Å². The van der Waals surface area contributed by atoms with Gasteiger partial charge in [0.2, 0.25) is 0 Å². The molecule has 4 nitrogen and oxygen atoms in total. The van der Waals surface area contributed by atoms with Crippen LogP contribution in [-0.2, 0) is 4.74 Å². The Balaban J connectivity index is 0.00000196. The van der Waals surface area contributed by atoms with Crippen molar-refractivity contribution in [2.75, 3.05) is 13.1 Å². The standard InChI is InChI=1S/C9H17FN2O2.ClH/c1-9(2,3)14-8(13)12-7-5-11-4-6(7)10;/h6-7,11H,4-5H2,1-3H3,(H,12,13);1H. The number of carbonyl (C=O) groups is 1. The molecule has 90 valence electrons. The molecule has 2 unspecified atom stereocenters. The van der Waals surface area contributed by atoms with E-state index in [4.69, 9.17) is 4.74 Å². The fourth-order valence-electron chi connectivity index (χ4n) is 1.25. The van der Waals surface area contributed by atoms with E-state index in [9.17, 15) is 9.18 Å². The predicted molar refractivity (Wildman–Crippen MR) is 58.2 cm³/mol. The predicted octanol–water partition coefficient (Wildman–Crippen LogP) is 1.24. The van der Waals surface area contributed by atoms with Crippen molar-refractivity contribution in [2.24, 2.45) is 0 Å². The number of hydrogen-bond donors (Lipinski definition) is 2. The van der Waals surface area contributed by atoms with E-state index in [-0.39, 0.29) is 12.4 Å². The normalized spacial score (nSPS) is 25.6. The first-order chi connectivity index (χ1) is 6.38. The van der Waals surface area contributed by atoms with Gasteiger partial charge in [-0.2, -0.15) is 0 Å². The lowest BCUT2D eigenvalue weighted by Crippen LogP contribution is -2.43. The molecular formula is C9H18ClFN2O2. The summed E-state index contributed by atoms with van der Waals surface area (Å²) in [6.45, 7) is 6.06. The minimum atomic E-state index is -1.03. The van der Waals surface area contributed by atoms with E-state index in [1.807, 2.05) is 0 Å². The van der Waals surface area contributed by atoms with E-state index in [0.29, 0.717) is 13.1 Å². The largest absolute Gasteiger partial charge is 0.444 e. The van der Waals surface area contributed by atoms with E-state index in [0.717, 1.165) is 0 Å². The molecule has 6 heteroatoms.